The van der Waals surface area contributed by atoms with Crippen molar-refractivity contribution in [2.24, 2.45) is 0 Å². The van der Waals surface area contributed by atoms with Crippen LogP contribution in [0.4, 0.5) is 4.79 Å². The smallest absolute Gasteiger partial charge is 0.410 e. The largest absolute Gasteiger partial charge is 0.444 e. The first-order chi connectivity index (χ1) is 10.3. The molecule has 0 aliphatic carbocycles. The van der Waals surface area contributed by atoms with Crippen LogP contribution in [0.5, 0.6) is 0 Å². The van der Waals surface area contributed by atoms with Crippen molar-refractivity contribution in [2.75, 3.05) is 12.3 Å². The number of likely N-dealkylation sites (tertiary alicyclic amines) is 1. The van der Waals surface area contributed by atoms with E-state index in [9.17, 15) is 4.79 Å². The van der Waals surface area contributed by atoms with Crippen molar-refractivity contribution in [2.45, 2.75) is 63.8 Å². The Labute approximate surface area is 136 Å². The molecule has 2 heterocycles. The van der Waals surface area contributed by atoms with Crippen LogP contribution in [0, 0.1) is 6.92 Å². The van der Waals surface area contributed by atoms with Gasteiger partial charge in [0.15, 0.2) is 5.16 Å². The molecule has 1 saturated heterocycles. The maximum Gasteiger partial charge on any atom is 0.410 e. The molecule has 1 amide bonds. The Morgan fingerprint density at radius 3 is 2.91 bits per heavy atom. The maximum absolute atomic E-state index is 12.4. The van der Waals surface area contributed by atoms with Crippen molar-refractivity contribution in [3.05, 3.63) is 18.0 Å². The molecule has 0 bridgehead atoms. The predicted octanol–water partition coefficient (Wildman–Crippen LogP) is 3.67. The quantitative estimate of drug-likeness (QED) is 0.627. The van der Waals surface area contributed by atoms with E-state index in [0.29, 0.717) is 0 Å². The van der Waals surface area contributed by atoms with Crippen LogP contribution in [-0.2, 0) is 4.74 Å². The number of aromatic nitrogens is 2. The van der Waals surface area contributed by atoms with E-state index >= 15 is 0 Å². The monoisotopic (exact) mass is 323 g/mol. The van der Waals surface area contributed by atoms with Gasteiger partial charge in [0, 0.05) is 30.2 Å². The highest BCUT2D eigenvalue weighted by molar-refractivity contribution is 7.99. The fourth-order valence-electron chi connectivity index (χ4n) is 2.40. The van der Waals surface area contributed by atoms with E-state index in [1.54, 1.807) is 18.0 Å². The van der Waals surface area contributed by atoms with Crippen LogP contribution in [0.3, 0.4) is 0 Å². The summed E-state index contributed by atoms with van der Waals surface area (Å²) in [6.45, 7) is 8.44. The Morgan fingerprint density at radius 2 is 2.23 bits per heavy atom. The first kappa shape index (κ1) is 17.1. The van der Waals surface area contributed by atoms with Crippen molar-refractivity contribution < 1.29 is 9.53 Å². The second kappa shape index (κ2) is 7.31. The molecule has 5 nitrogen and oxygen atoms in total. The molecule has 1 aromatic heterocycles. The highest BCUT2D eigenvalue weighted by Gasteiger charge is 2.30. The molecule has 1 atom stereocenters. The van der Waals surface area contributed by atoms with Crippen LogP contribution in [0.1, 0.15) is 45.7 Å². The SMILES string of the molecule is Cc1ccnc(SC[C@H]2CCCCN2C(=O)OC(C)(C)C)n1. The van der Waals surface area contributed by atoms with E-state index in [-0.39, 0.29) is 12.1 Å². The van der Waals surface area contributed by atoms with Crippen molar-refractivity contribution >= 4 is 17.9 Å². The highest BCUT2D eigenvalue weighted by Crippen LogP contribution is 2.25. The lowest BCUT2D eigenvalue weighted by Gasteiger charge is -2.36. The van der Waals surface area contributed by atoms with Gasteiger partial charge in [0.1, 0.15) is 5.60 Å². The summed E-state index contributed by atoms with van der Waals surface area (Å²) in [6.07, 6.45) is 4.78. The summed E-state index contributed by atoms with van der Waals surface area (Å²) in [6, 6.07) is 2.08. The third-order valence-corrected chi connectivity index (χ3v) is 4.44. The summed E-state index contributed by atoms with van der Waals surface area (Å²) in [5.41, 5.74) is 0.511. The molecule has 1 fully saturated rings. The summed E-state index contributed by atoms with van der Waals surface area (Å²) < 4.78 is 5.53. The lowest BCUT2D eigenvalue weighted by atomic mass is 10.0. The molecular formula is C16H25N3O2S. The van der Waals surface area contributed by atoms with Gasteiger partial charge >= 0.3 is 6.09 Å². The van der Waals surface area contributed by atoms with E-state index in [1.165, 1.54) is 0 Å². The Balaban J connectivity index is 1.96. The van der Waals surface area contributed by atoms with Gasteiger partial charge in [-0.25, -0.2) is 14.8 Å². The van der Waals surface area contributed by atoms with E-state index in [4.69, 9.17) is 4.74 Å². The number of hydrogen-bond donors (Lipinski definition) is 0. The number of aryl methyl sites for hydroxylation is 1. The molecule has 0 aromatic carbocycles. The van der Waals surface area contributed by atoms with Gasteiger partial charge in [-0.1, -0.05) is 11.8 Å². The van der Waals surface area contributed by atoms with Gasteiger partial charge in [-0.15, -0.1) is 0 Å². The lowest BCUT2D eigenvalue weighted by Crippen LogP contribution is -2.47. The molecule has 122 valence electrons. The topological polar surface area (TPSA) is 55.3 Å². The minimum atomic E-state index is -0.453. The molecule has 2 rings (SSSR count). The molecule has 0 unspecified atom stereocenters. The number of ether oxygens (including phenoxy) is 1. The van der Waals surface area contributed by atoms with Crippen LogP contribution in [0.2, 0.25) is 0 Å². The predicted molar refractivity (Wildman–Crippen MR) is 88.1 cm³/mol. The number of carbonyl (C=O) groups is 1. The number of thioether (sulfide) groups is 1. The Kier molecular flexibility index (Phi) is 5.67. The number of rotatable bonds is 3. The van der Waals surface area contributed by atoms with Crippen LogP contribution in [-0.4, -0.2) is 44.9 Å². The minimum absolute atomic E-state index is 0.192. The Bertz CT molecular complexity index is 516. The molecule has 0 N–H and O–H groups in total. The molecule has 0 radical (unpaired) electrons. The summed E-state index contributed by atoms with van der Waals surface area (Å²) in [7, 11) is 0. The Morgan fingerprint density at radius 1 is 1.45 bits per heavy atom. The second-order valence-corrected chi connectivity index (χ2v) is 7.60. The summed E-state index contributed by atoms with van der Waals surface area (Å²) >= 11 is 1.61. The molecule has 6 heteroatoms. The number of carbonyl (C=O) groups excluding carboxylic acids is 1. The van der Waals surface area contributed by atoms with Crippen LogP contribution >= 0.6 is 11.8 Å². The third-order valence-electron chi connectivity index (χ3n) is 3.43. The van der Waals surface area contributed by atoms with Gasteiger partial charge in [0.2, 0.25) is 0 Å². The average Bonchev–Trinajstić information content (AvgIpc) is 2.44. The fraction of sp³-hybridized carbons (Fsp3) is 0.688. The summed E-state index contributed by atoms with van der Waals surface area (Å²) in [4.78, 5) is 22.9. The number of amides is 1. The van der Waals surface area contributed by atoms with Crippen LogP contribution < -0.4 is 0 Å². The number of hydrogen-bond acceptors (Lipinski definition) is 5. The highest BCUT2D eigenvalue weighted by atomic mass is 32.2. The normalized spacial score (nSPS) is 19.1. The van der Waals surface area contributed by atoms with E-state index in [0.717, 1.165) is 42.4 Å². The maximum atomic E-state index is 12.4. The minimum Gasteiger partial charge on any atom is -0.444 e. The van der Waals surface area contributed by atoms with Crippen LogP contribution in [0.25, 0.3) is 0 Å². The van der Waals surface area contributed by atoms with Gasteiger partial charge in [-0.3, -0.25) is 0 Å². The zero-order valence-corrected chi connectivity index (χ0v) is 14.7. The average molecular weight is 323 g/mol. The first-order valence-corrected chi connectivity index (χ1v) is 8.76. The van der Waals surface area contributed by atoms with Crippen molar-refractivity contribution in [3.8, 4) is 0 Å². The van der Waals surface area contributed by atoms with Crippen LogP contribution in [0.15, 0.2) is 17.4 Å². The van der Waals surface area contributed by atoms with Crippen molar-refractivity contribution in [1.82, 2.24) is 14.9 Å². The van der Waals surface area contributed by atoms with Gasteiger partial charge in [0.05, 0.1) is 0 Å². The van der Waals surface area contributed by atoms with E-state index in [1.807, 2.05) is 38.7 Å². The lowest BCUT2D eigenvalue weighted by molar-refractivity contribution is 0.0125. The van der Waals surface area contributed by atoms with Crippen molar-refractivity contribution in [3.63, 3.8) is 0 Å². The second-order valence-electron chi connectivity index (χ2n) is 6.61. The van der Waals surface area contributed by atoms with E-state index in [2.05, 4.69) is 9.97 Å². The van der Waals surface area contributed by atoms with Crippen molar-refractivity contribution in [1.29, 1.82) is 0 Å². The van der Waals surface area contributed by atoms with Gasteiger partial charge in [0.25, 0.3) is 0 Å². The zero-order chi connectivity index (χ0) is 16.2. The van der Waals surface area contributed by atoms with E-state index < -0.39 is 5.60 Å². The first-order valence-electron chi connectivity index (χ1n) is 7.77. The molecule has 1 aromatic rings. The van der Waals surface area contributed by atoms with Gasteiger partial charge < -0.3 is 9.64 Å². The fourth-order valence-corrected chi connectivity index (χ4v) is 3.43. The number of nitrogens with zero attached hydrogens (tertiary/aromatic N) is 3. The standard InChI is InChI=1S/C16H25N3O2S/c1-12-8-9-17-14(18-12)22-11-13-7-5-6-10-19(13)15(20)21-16(2,3)4/h8-9,13H,5-7,10-11H2,1-4H3/t13-/m1/s1. The molecule has 1 aliphatic rings. The third kappa shape index (κ3) is 5.16. The summed E-state index contributed by atoms with van der Waals surface area (Å²) in [5, 5.41) is 0.773. The Hall–Kier alpha value is -1.30. The summed E-state index contributed by atoms with van der Waals surface area (Å²) in [5.74, 6) is 0.808. The zero-order valence-electron chi connectivity index (χ0n) is 13.8. The van der Waals surface area contributed by atoms with Gasteiger partial charge in [-0.05, 0) is 53.0 Å². The van der Waals surface area contributed by atoms with Gasteiger partial charge in [-0.2, -0.15) is 0 Å². The number of piperidine rings is 1. The molecule has 22 heavy (non-hydrogen) atoms. The molecule has 1 aliphatic heterocycles. The molecular weight excluding hydrogens is 298 g/mol. The molecule has 0 spiro atoms. The molecule has 0 saturated carbocycles.